The van der Waals surface area contributed by atoms with Crippen LogP contribution in [0.15, 0.2) is 30.3 Å². The molecule has 0 aliphatic heterocycles. The summed E-state index contributed by atoms with van der Waals surface area (Å²) < 4.78 is 0. The molecule has 0 saturated carbocycles. The van der Waals surface area contributed by atoms with E-state index >= 15 is 0 Å². The van der Waals surface area contributed by atoms with Gasteiger partial charge in [0.25, 0.3) is 0 Å². The van der Waals surface area contributed by atoms with Crippen LogP contribution in [-0.4, -0.2) is 11.7 Å². The molecule has 0 radical (unpaired) electrons. The van der Waals surface area contributed by atoms with Gasteiger partial charge in [0.15, 0.2) is 0 Å². The molecule has 0 atom stereocenters. The van der Waals surface area contributed by atoms with Crippen LogP contribution in [0.25, 0.3) is 6.08 Å². The first-order valence-electron chi connectivity index (χ1n) is 4.62. The van der Waals surface area contributed by atoms with Crippen molar-refractivity contribution in [3.8, 4) is 0 Å². The molecule has 0 bridgehead atoms. The molecule has 1 heteroatoms. The first-order chi connectivity index (χ1) is 6.25. The highest BCUT2D eigenvalue weighted by atomic mass is 16.2. The molecular weight excluding hydrogens is 160 g/mol. The molecule has 0 aromatic heterocycles. The van der Waals surface area contributed by atoms with Crippen LogP contribution in [0, 0.1) is 0 Å². The Morgan fingerprint density at radius 1 is 1.31 bits per heavy atom. The topological polar surface area (TPSA) is 20.2 Å². The number of aliphatic hydroxyl groups excluding tert-OH is 1. The van der Waals surface area contributed by atoms with E-state index in [9.17, 15) is 0 Å². The average molecular weight is 176 g/mol. The minimum atomic E-state index is 0.104. The normalized spacial score (nSPS) is 11.4. The molecule has 1 nitrogen and oxygen atoms in total. The van der Waals surface area contributed by atoms with E-state index in [1.54, 1.807) is 6.08 Å². The van der Waals surface area contributed by atoms with Crippen molar-refractivity contribution in [2.75, 3.05) is 6.61 Å². The molecule has 0 unspecified atom stereocenters. The Morgan fingerprint density at radius 3 is 2.62 bits per heavy atom. The van der Waals surface area contributed by atoms with Gasteiger partial charge in [0.1, 0.15) is 0 Å². The summed E-state index contributed by atoms with van der Waals surface area (Å²) in [5, 5.41) is 8.67. The fraction of sp³-hybridized carbons (Fsp3) is 0.333. The van der Waals surface area contributed by atoms with Gasteiger partial charge in [0.05, 0.1) is 6.61 Å². The van der Waals surface area contributed by atoms with Crippen LogP contribution in [0.2, 0.25) is 0 Å². The Balaban J connectivity index is 2.97. The van der Waals surface area contributed by atoms with Crippen LogP contribution in [0.3, 0.4) is 0 Å². The van der Waals surface area contributed by atoms with E-state index in [0.717, 1.165) is 0 Å². The van der Waals surface area contributed by atoms with E-state index in [1.807, 2.05) is 18.2 Å². The average Bonchev–Trinajstić information content (AvgIpc) is 2.15. The Labute approximate surface area is 79.7 Å². The maximum atomic E-state index is 8.67. The van der Waals surface area contributed by atoms with Gasteiger partial charge in [-0.25, -0.2) is 0 Å². The lowest BCUT2D eigenvalue weighted by Crippen LogP contribution is -1.90. The molecule has 1 rings (SSSR count). The van der Waals surface area contributed by atoms with Crippen molar-refractivity contribution >= 4 is 6.08 Å². The van der Waals surface area contributed by atoms with E-state index in [-0.39, 0.29) is 6.61 Å². The third kappa shape index (κ3) is 2.71. The fourth-order valence-electron chi connectivity index (χ4n) is 1.37. The third-order valence-electron chi connectivity index (χ3n) is 2.02. The molecule has 1 aromatic carbocycles. The molecule has 0 heterocycles. The molecule has 0 aliphatic rings. The van der Waals surface area contributed by atoms with Gasteiger partial charge in [-0.15, -0.1) is 0 Å². The Hall–Kier alpha value is -1.08. The Kier molecular flexibility index (Phi) is 3.71. The minimum Gasteiger partial charge on any atom is -0.392 e. The predicted molar refractivity (Wildman–Crippen MR) is 56.7 cm³/mol. The zero-order chi connectivity index (χ0) is 9.68. The van der Waals surface area contributed by atoms with Crippen LogP contribution in [0.5, 0.6) is 0 Å². The molecule has 0 saturated heterocycles. The lowest BCUT2D eigenvalue weighted by Gasteiger charge is -2.08. The van der Waals surface area contributed by atoms with E-state index < -0.39 is 0 Å². The van der Waals surface area contributed by atoms with Crippen LogP contribution in [0.1, 0.15) is 30.9 Å². The van der Waals surface area contributed by atoms with Crippen LogP contribution in [0.4, 0.5) is 0 Å². The van der Waals surface area contributed by atoms with Crippen LogP contribution < -0.4 is 0 Å². The third-order valence-corrected chi connectivity index (χ3v) is 2.02. The summed E-state index contributed by atoms with van der Waals surface area (Å²) in [6, 6.07) is 8.26. The van der Waals surface area contributed by atoms with Gasteiger partial charge in [-0.05, 0) is 17.0 Å². The van der Waals surface area contributed by atoms with E-state index in [4.69, 9.17) is 5.11 Å². The van der Waals surface area contributed by atoms with Gasteiger partial charge in [-0.3, -0.25) is 0 Å². The summed E-state index contributed by atoms with van der Waals surface area (Å²) in [5.41, 5.74) is 2.53. The standard InChI is InChI=1S/C12H16O/c1-10(2)12-8-4-3-6-11(12)7-5-9-13/h3-8,10,13H,9H2,1-2H3. The molecule has 0 amide bonds. The summed E-state index contributed by atoms with van der Waals surface area (Å²) in [5.74, 6) is 0.527. The first kappa shape index (κ1) is 10.0. The summed E-state index contributed by atoms with van der Waals surface area (Å²) in [6.45, 7) is 4.45. The highest BCUT2D eigenvalue weighted by Gasteiger charge is 2.01. The minimum absolute atomic E-state index is 0.104. The first-order valence-corrected chi connectivity index (χ1v) is 4.62. The highest BCUT2D eigenvalue weighted by Crippen LogP contribution is 2.19. The Bertz CT molecular complexity index is 287. The molecule has 0 spiro atoms. The van der Waals surface area contributed by atoms with Gasteiger partial charge in [-0.1, -0.05) is 50.3 Å². The number of aliphatic hydroxyl groups is 1. The fourth-order valence-corrected chi connectivity index (χ4v) is 1.37. The molecule has 0 aliphatic carbocycles. The summed E-state index contributed by atoms with van der Waals surface area (Å²) >= 11 is 0. The summed E-state index contributed by atoms with van der Waals surface area (Å²) in [6.07, 6.45) is 3.73. The zero-order valence-corrected chi connectivity index (χ0v) is 8.20. The van der Waals surface area contributed by atoms with Crippen molar-refractivity contribution in [2.24, 2.45) is 0 Å². The molecule has 13 heavy (non-hydrogen) atoms. The Morgan fingerprint density at radius 2 is 2.00 bits per heavy atom. The zero-order valence-electron chi connectivity index (χ0n) is 8.20. The number of benzene rings is 1. The quantitative estimate of drug-likeness (QED) is 0.750. The van der Waals surface area contributed by atoms with E-state index in [2.05, 4.69) is 26.0 Å². The van der Waals surface area contributed by atoms with Gasteiger partial charge in [0.2, 0.25) is 0 Å². The van der Waals surface area contributed by atoms with Crippen molar-refractivity contribution in [2.45, 2.75) is 19.8 Å². The van der Waals surface area contributed by atoms with Gasteiger partial charge < -0.3 is 5.11 Å². The SMILES string of the molecule is CC(C)c1ccccc1C=CCO. The maximum Gasteiger partial charge on any atom is 0.0615 e. The molecular formula is C12H16O. The van der Waals surface area contributed by atoms with Crippen molar-refractivity contribution in [1.82, 2.24) is 0 Å². The largest absolute Gasteiger partial charge is 0.392 e. The highest BCUT2D eigenvalue weighted by molar-refractivity contribution is 5.54. The molecule has 1 N–H and O–H groups in total. The lowest BCUT2D eigenvalue weighted by atomic mass is 9.97. The molecule has 1 aromatic rings. The van der Waals surface area contributed by atoms with Crippen molar-refractivity contribution < 1.29 is 5.11 Å². The van der Waals surface area contributed by atoms with Crippen LogP contribution >= 0.6 is 0 Å². The maximum absolute atomic E-state index is 8.67. The number of rotatable bonds is 3. The second kappa shape index (κ2) is 4.83. The molecule has 70 valence electrons. The van der Waals surface area contributed by atoms with Gasteiger partial charge >= 0.3 is 0 Å². The van der Waals surface area contributed by atoms with Gasteiger partial charge in [0, 0.05) is 0 Å². The smallest absolute Gasteiger partial charge is 0.0615 e. The van der Waals surface area contributed by atoms with Crippen molar-refractivity contribution in [3.05, 3.63) is 41.5 Å². The summed E-state index contributed by atoms with van der Waals surface area (Å²) in [7, 11) is 0. The monoisotopic (exact) mass is 176 g/mol. The van der Waals surface area contributed by atoms with E-state index in [0.29, 0.717) is 5.92 Å². The second-order valence-electron chi connectivity index (χ2n) is 3.37. The van der Waals surface area contributed by atoms with Crippen LogP contribution in [-0.2, 0) is 0 Å². The van der Waals surface area contributed by atoms with Crippen molar-refractivity contribution in [3.63, 3.8) is 0 Å². The lowest BCUT2D eigenvalue weighted by molar-refractivity contribution is 0.343. The van der Waals surface area contributed by atoms with E-state index in [1.165, 1.54) is 11.1 Å². The number of hydrogen-bond donors (Lipinski definition) is 1. The number of hydrogen-bond acceptors (Lipinski definition) is 1. The van der Waals surface area contributed by atoms with Gasteiger partial charge in [-0.2, -0.15) is 0 Å². The second-order valence-corrected chi connectivity index (χ2v) is 3.37. The van der Waals surface area contributed by atoms with Crippen molar-refractivity contribution in [1.29, 1.82) is 0 Å². The molecule has 0 fully saturated rings. The predicted octanol–water partition coefficient (Wildman–Crippen LogP) is 2.82. The summed E-state index contributed by atoms with van der Waals surface area (Å²) in [4.78, 5) is 0.